The van der Waals surface area contributed by atoms with Gasteiger partial charge in [0.15, 0.2) is 0 Å². The number of nitrogens with one attached hydrogen (secondary N) is 1. The standard InChI is InChI=1S/C16H16BrNO3/c17-13-9-6-10-12(16(20)21-14(10)13)11(9)15(19)18-7-8-4-2-1-3-5-8/h1-5,9-14H,6-7H2,(H,18,19)/t9-,10+,11-,12+,13-,14+/m1/s1. The molecule has 3 fully saturated rings. The van der Waals surface area contributed by atoms with E-state index in [-0.39, 0.29) is 46.5 Å². The van der Waals surface area contributed by atoms with Gasteiger partial charge in [-0.2, -0.15) is 0 Å². The van der Waals surface area contributed by atoms with Crippen molar-refractivity contribution in [3.63, 3.8) is 0 Å². The lowest BCUT2D eigenvalue weighted by Gasteiger charge is -2.27. The highest BCUT2D eigenvalue weighted by molar-refractivity contribution is 9.09. The molecule has 2 saturated carbocycles. The van der Waals surface area contributed by atoms with Crippen molar-refractivity contribution in [3.8, 4) is 0 Å². The summed E-state index contributed by atoms with van der Waals surface area (Å²) in [6.07, 6.45) is 0.895. The molecule has 21 heavy (non-hydrogen) atoms. The van der Waals surface area contributed by atoms with Crippen LogP contribution < -0.4 is 5.32 Å². The molecule has 1 N–H and O–H groups in total. The summed E-state index contributed by atoms with van der Waals surface area (Å²) in [6, 6.07) is 9.81. The van der Waals surface area contributed by atoms with Crippen LogP contribution in [-0.4, -0.2) is 22.8 Å². The molecule has 4 rings (SSSR count). The highest BCUT2D eigenvalue weighted by Gasteiger charge is 2.67. The van der Waals surface area contributed by atoms with E-state index < -0.39 is 0 Å². The van der Waals surface area contributed by atoms with Crippen LogP contribution in [-0.2, 0) is 20.9 Å². The van der Waals surface area contributed by atoms with Gasteiger partial charge < -0.3 is 10.1 Å². The number of amides is 1. The third kappa shape index (κ3) is 1.94. The fourth-order valence-corrected chi connectivity index (χ4v) is 5.28. The molecule has 2 aliphatic carbocycles. The Morgan fingerprint density at radius 2 is 2.05 bits per heavy atom. The minimum atomic E-state index is -0.241. The predicted octanol–water partition coefficient (Wildman–Crippen LogP) is 1.87. The summed E-state index contributed by atoms with van der Waals surface area (Å²) in [6.45, 7) is 0.506. The summed E-state index contributed by atoms with van der Waals surface area (Å²) < 4.78 is 5.43. The number of fused-ring (bicyclic) bond motifs is 1. The molecule has 1 aliphatic heterocycles. The van der Waals surface area contributed by atoms with Crippen LogP contribution in [0.2, 0.25) is 0 Å². The van der Waals surface area contributed by atoms with Gasteiger partial charge in [0.1, 0.15) is 6.10 Å². The zero-order valence-electron chi connectivity index (χ0n) is 11.4. The van der Waals surface area contributed by atoms with Crippen LogP contribution in [0.3, 0.4) is 0 Å². The van der Waals surface area contributed by atoms with E-state index in [1.54, 1.807) is 0 Å². The molecule has 4 nitrogen and oxygen atoms in total. The van der Waals surface area contributed by atoms with Crippen molar-refractivity contribution in [1.29, 1.82) is 0 Å². The third-order valence-corrected chi connectivity index (χ3v) is 6.34. The molecule has 0 unspecified atom stereocenters. The van der Waals surface area contributed by atoms with Crippen LogP contribution >= 0.6 is 15.9 Å². The summed E-state index contributed by atoms with van der Waals surface area (Å²) in [4.78, 5) is 24.7. The SMILES string of the molecule is O=C(NCc1ccccc1)[C@@H]1[C@H]2C[C@@H]3[C@H](OC(=O)[C@@H]31)[C@@H]2Br. The summed E-state index contributed by atoms with van der Waals surface area (Å²) in [5.41, 5.74) is 1.07. The first-order valence-corrected chi connectivity index (χ1v) is 8.24. The number of hydrogen-bond donors (Lipinski definition) is 1. The summed E-state index contributed by atoms with van der Waals surface area (Å²) in [5, 5.41) is 2.98. The molecule has 1 heterocycles. The van der Waals surface area contributed by atoms with Crippen molar-refractivity contribution < 1.29 is 14.3 Å². The van der Waals surface area contributed by atoms with Crippen molar-refractivity contribution in [2.24, 2.45) is 23.7 Å². The van der Waals surface area contributed by atoms with E-state index in [2.05, 4.69) is 21.2 Å². The molecule has 0 radical (unpaired) electrons. The van der Waals surface area contributed by atoms with Gasteiger partial charge in [-0.1, -0.05) is 46.3 Å². The Balaban J connectivity index is 1.49. The van der Waals surface area contributed by atoms with Crippen molar-refractivity contribution >= 4 is 27.8 Å². The van der Waals surface area contributed by atoms with E-state index in [0.717, 1.165) is 12.0 Å². The normalized spacial score (nSPS) is 39.4. The topological polar surface area (TPSA) is 55.4 Å². The lowest BCUT2D eigenvalue weighted by molar-refractivity contribution is -0.145. The average molecular weight is 350 g/mol. The Morgan fingerprint density at radius 1 is 1.29 bits per heavy atom. The fourth-order valence-electron chi connectivity index (χ4n) is 4.23. The van der Waals surface area contributed by atoms with Crippen molar-refractivity contribution in [2.75, 3.05) is 0 Å². The lowest BCUT2D eigenvalue weighted by atomic mass is 9.79. The second-order valence-electron chi connectivity index (χ2n) is 6.16. The van der Waals surface area contributed by atoms with Gasteiger partial charge in [0.2, 0.25) is 5.91 Å². The van der Waals surface area contributed by atoms with Gasteiger partial charge in [0.25, 0.3) is 0 Å². The molecular formula is C16H16BrNO3. The molecule has 3 aliphatic rings. The van der Waals surface area contributed by atoms with Crippen LogP contribution in [0.1, 0.15) is 12.0 Å². The second-order valence-corrected chi connectivity index (χ2v) is 7.22. The quantitative estimate of drug-likeness (QED) is 0.669. The maximum absolute atomic E-state index is 12.5. The first kappa shape index (κ1) is 13.3. The molecule has 5 heteroatoms. The largest absolute Gasteiger partial charge is 0.461 e. The number of esters is 1. The Morgan fingerprint density at radius 3 is 2.81 bits per heavy atom. The number of alkyl halides is 1. The zero-order chi connectivity index (χ0) is 14.6. The van der Waals surface area contributed by atoms with Gasteiger partial charge in [0.05, 0.1) is 16.7 Å². The molecule has 6 atom stereocenters. The van der Waals surface area contributed by atoms with E-state index in [9.17, 15) is 9.59 Å². The number of rotatable bonds is 3. The Kier molecular flexibility index (Phi) is 3.06. The monoisotopic (exact) mass is 349 g/mol. The van der Waals surface area contributed by atoms with E-state index in [1.165, 1.54) is 0 Å². The summed E-state index contributed by atoms with van der Waals surface area (Å²) >= 11 is 3.62. The highest BCUT2D eigenvalue weighted by Crippen LogP contribution is 2.59. The molecule has 0 spiro atoms. The molecule has 1 amide bonds. The molecule has 1 saturated heterocycles. The van der Waals surface area contributed by atoms with Crippen LogP contribution in [0.15, 0.2) is 30.3 Å². The summed E-state index contributed by atoms with van der Waals surface area (Å²) in [7, 11) is 0. The average Bonchev–Trinajstić information content (AvgIpc) is 3.10. The number of carbonyl (C=O) groups excluding carboxylic acids is 2. The molecule has 1 aromatic rings. The number of halogens is 1. The molecule has 0 aromatic heterocycles. The fraction of sp³-hybridized carbons (Fsp3) is 0.500. The maximum Gasteiger partial charge on any atom is 0.310 e. The number of benzene rings is 1. The van der Waals surface area contributed by atoms with Gasteiger partial charge in [-0.15, -0.1) is 0 Å². The van der Waals surface area contributed by atoms with Crippen LogP contribution in [0.4, 0.5) is 0 Å². The molecular weight excluding hydrogens is 334 g/mol. The number of hydrogen-bond acceptors (Lipinski definition) is 3. The molecule has 2 bridgehead atoms. The van der Waals surface area contributed by atoms with Crippen molar-refractivity contribution in [2.45, 2.75) is 23.9 Å². The summed E-state index contributed by atoms with van der Waals surface area (Å²) in [5.74, 6) is -0.238. The van der Waals surface area contributed by atoms with E-state index in [4.69, 9.17) is 4.74 Å². The van der Waals surface area contributed by atoms with Gasteiger partial charge in [0, 0.05) is 12.5 Å². The van der Waals surface area contributed by atoms with E-state index in [0.29, 0.717) is 6.54 Å². The van der Waals surface area contributed by atoms with E-state index in [1.807, 2.05) is 30.3 Å². The zero-order valence-corrected chi connectivity index (χ0v) is 13.0. The van der Waals surface area contributed by atoms with Gasteiger partial charge in [-0.25, -0.2) is 0 Å². The lowest BCUT2D eigenvalue weighted by Crippen LogP contribution is -2.43. The minimum Gasteiger partial charge on any atom is -0.461 e. The number of carbonyl (C=O) groups is 2. The Bertz CT molecular complexity index is 590. The Labute approximate surface area is 131 Å². The first-order valence-electron chi connectivity index (χ1n) is 7.33. The minimum absolute atomic E-state index is 0.0156. The van der Waals surface area contributed by atoms with Gasteiger partial charge in [-0.05, 0) is 17.9 Å². The maximum atomic E-state index is 12.5. The Hall–Kier alpha value is -1.36. The highest BCUT2D eigenvalue weighted by atomic mass is 79.9. The van der Waals surface area contributed by atoms with Crippen molar-refractivity contribution in [3.05, 3.63) is 35.9 Å². The van der Waals surface area contributed by atoms with E-state index >= 15 is 0 Å². The smallest absolute Gasteiger partial charge is 0.310 e. The van der Waals surface area contributed by atoms with Gasteiger partial charge >= 0.3 is 5.97 Å². The van der Waals surface area contributed by atoms with Crippen LogP contribution in [0, 0.1) is 23.7 Å². The van der Waals surface area contributed by atoms with Crippen molar-refractivity contribution in [1.82, 2.24) is 5.32 Å². The predicted molar refractivity (Wildman–Crippen MR) is 79.5 cm³/mol. The first-order chi connectivity index (χ1) is 10.2. The van der Waals surface area contributed by atoms with Crippen LogP contribution in [0.5, 0.6) is 0 Å². The molecule has 1 aromatic carbocycles. The third-order valence-electron chi connectivity index (χ3n) is 5.14. The second kappa shape index (κ2) is 4.83. The van der Waals surface area contributed by atoms with Crippen LogP contribution in [0.25, 0.3) is 0 Å². The van der Waals surface area contributed by atoms with Gasteiger partial charge in [-0.3, -0.25) is 9.59 Å². The molecule has 110 valence electrons. The number of ether oxygens (including phenoxy) is 1.